The van der Waals surface area contributed by atoms with Gasteiger partial charge in [0, 0.05) is 30.4 Å². The first-order valence-corrected chi connectivity index (χ1v) is 13.1. The van der Waals surface area contributed by atoms with Crippen LogP contribution in [0.15, 0.2) is 30.5 Å². The van der Waals surface area contributed by atoms with Crippen LogP contribution in [0.1, 0.15) is 58.4 Å². The van der Waals surface area contributed by atoms with Crippen molar-refractivity contribution in [3.63, 3.8) is 0 Å². The van der Waals surface area contributed by atoms with E-state index in [0.29, 0.717) is 6.42 Å². The lowest BCUT2D eigenvalue weighted by Gasteiger charge is -2.32. The fraction of sp³-hybridized carbons (Fsp3) is 0.625. The van der Waals surface area contributed by atoms with E-state index in [2.05, 4.69) is 35.0 Å². The summed E-state index contributed by atoms with van der Waals surface area (Å²) in [5.41, 5.74) is 2.26. The number of pyridine rings is 1. The van der Waals surface area contributed by atoms with Crippen LogP contribution in [0.5, 0.6) is 5.75 Å². The number of aryl methyl sites for hydroxylation is 1. The van der Waals surface area contributed by atoms with Gasteiger partial charge < -0.3 is 9.64 Å². The first kappa shape index (κ1) is 29.0. The Bertz CT molecular complexity index is 932. The van der Waals surface area contributed by atoms with Crippen LogP contribution in [-0.4, -0.2) is 55.0 Å². The van der Waals surface area contributed by atoms with Gasteiger partial charge in [0.25, 0.3) is 0 Å². The van der Waals surface area contributed by atoms with Crippen molar-refractivity contribution in [3.8, 4) is 5.75 Å². The molecular formula is C24H38Cl2N2O3S. The summed E-state index contributed by atoms with van der Waals surface area (Å²) in [7, 11) is -2.94. The smallest absolute Gasteiger partial charge is 0.152 e. The number of hydrogen-bond donors (Lipinski definition) is 0. The van der Waals surface area contributed by atoms with Gasteiger partial charge in [-0.3, -0.25) is 4.98 Å². The third-order valence-electron chi connectivity index (χ3n) is 6.24. The van der Waals surface area contributed by atoms with Crippen molar-refractivity contribution < 1.29 is 13.2 Å². The number of piperidine rings is 1. The number of fused-ring (bicyclic) bond motifs is 1. The standard InChI is InChI=1S/C24H36N2O3S.2ClH/c1-4-6-8-20-17-21-9-7-13-25-24(21)23(18-20)29-22-11-15-26(16-12-22)14-10-19(3)30(27,28)5-2;;/h7,9,13,17-19,22H,4-6,8,10-12,14-16H2,1-3H3;2*1H. The summed E-state index contributed by atoms with van der Waals surface area (Å²) in [6.07, 6.45) is 8.06. The zero-order valence-electron chi connectivity index (χ0n) is 19.5. The lowest BCUT2D eigenvalue weighted by atomic mass is 10.0. The SMILES string of the molecule is CCCCc1cc(OC2CCN(CCC(C)S(=O)(=O)CC)CC2)c2ncccc2c1.Cl.Cl. The van der Waals surface area contributed by atoms with Crippen LogP contribution < -0.4 is 4.74 Å². The molecule has 0 amide bonds. The molecule has 8 heteroatoms. The minimum atomic E-state index is -2.94. The number of ether oxygens (including phenoxy) is 1. The van der Waals surface area contributed by atoms with Gasteiger partial charge in [-0.1, -0.05) is 26.3 Å². The van der Waals surface area contributed by atoms with Gasteiger partial charge in [0.05, 0.1) is 5.25 Å². The van der Waals surface area contributed by atoms with Crippen LogP contribution in [0.3, 0.4) is 0 Å². The van der Waals surface area contributed by atoms with Crippen molar-refractivity contribution in [2.45, 2.75) is 70.7 Å². The topological polar surface area (TPSA) is 59.5 Å². The Morgan fingerprint density at radius 3 is 2.56 bits per heavy atom. The minimum absolute atomic E-state index is 0. The van der Waals surface area contributed by atoms with E-state index in [4.69, 9.17) is 4.74 Å². The summed E-state index contributed by atoms with van der Waals surface area (Å²) in [5, 5.41) is 0.879. The van der Waals surface area contributed by atoms with E-state index in [9.17, 15) is 8.42 Å². The number of halogens is 2. The van der Waals surface area contributed by atoms with E-state index in [1.54, 1.807) is 6.92 Å². The molecule has 1 aliphatic rings. The second-order valence-electron chi connectivity index (χ2n) is 8.48. The van der Waals surface area contributed by atoms with Crippen LogP contribution in [0.2, 0.25) is 0 Å². The number of aromatic nitrogens is 1. The summed E-state index contributed by atoms with van der Waals surface area (Å²) < 4.78 is 30.4. The maximum absolute atomic E-state index is 12.0. The third kappa shape index (κ3) is 7.75. The summed E-state index contributed by atoms with van der Waals surface area (Å²) >= 11 is 0. The second kappa shape index (κ2) is 13.6. The highest BCUT2D eigenvalue weighted by Gasteiger charge is 2.24. The fourth-order valence-corrected chi connectivity index (χ4v) is 5.13. The number of nitrogens with zero attached hydrogens (tertiary/aromatic N) is 2. The van der Waals surface area contributed by atoms with Crippen LogP contribution in [0, 0.1) is 0 Å². The van der Waals surface area contributed by atoms with Crippen molar-refractivity contribution in [1.82, 2.24) is 9.88 Å². The predicted octanol–water partition coefficient (Wildman–Crippen LogP) is 5.48. The first-order valence-electron chi connectivity index (χ1n) is 11.4. The molecule has 0 spiro atoms. The van der Waals surface area contributed by atoms with E-state index >= 15 is 0 Å². The Morgan fingerprint density at radius 1 is 1.19 bits per heavy atom. The molecule has 1 saturated heterocycles. The zero-order valence-corrected chi connectivity index (χ0v) is 21.9. The number of sulfone groups is 1. The van der Waals surface area contributed by atoms with Gasteiger partial charge in [-0.2, -0.15) is 0 Å². The van der Waals surface area contributed by atoms with E-state index < -0.39 is 9.84 Å². The van der Waals surface area contributed by atoms with E-state index in [-0.39, 0.29) is 41.9 Å². The number of hydrogen-bond acceptors (Lipinski definition) is 5. The molecule has 1 unspecified atom stereocenters. The lowest BCUT2D eigenvalue weighted by Crippen LogP contribution is -2.40. The van der Waals surface area contributed by atoms with E-state index in [0.717, 1.165) is 55.5 Å². The lowest BCUT2D eigenvalue weighted by molar-refractivity contribution is 0.101. The van der Waals surface area contributed by atoms with Gasteiger partial charge in [-0.15, -0.1) is 24.8 Å². The minimum Gasteiger partial charge on any atom is -0.488 e. The molecule has 1 fully saturated rings. The largest absolute Gasteiger partial charge is 0.488 e. The van der Waals surface area contributed by atoms with Gasteiger partial charge >= 0.3 is 0 Å². The molecule has 3 rings (SSSR count). The summed E-state index contributed by atoms with van der Waals surface area (Å²) in [4.78, 5) is 6.94. The highest BCUT2D eigenvalue weighted by molar-refractivity contribution is 7.91. The van der Waals surface area contributed by atoms with Gasteiger partial charge in [0.1, 0.15) is 17.4 Å². The van der Waals surface area contributed by atoms with Crippen LogP contribution >= 0.6 is 24.8 Å². The molecule has 0 aliphatic carbocycles. The Balaban J connectivity index is 0.00000256. The predicted molar refractivity (Wildman–Crippen MR) is 138 cm³/mol. The summed E-state index contributed by atoms with van der Waals surface area (Å²) in [6.45, 7) is 8.51. The fourth-order valence-electron chi connectivity index (χ4n) is 4.09. The van der Waals surface area contributed by atoms with Crippen LogP contribution in [-0.2, 0) is 16.3 Å². The Labute approximate surface area is 206 Å². The molecular weight excluding hydrogens is 467 g/mol. The number of likely N-dealkylation sites (tertiary alicyclic amines) is 1. The quantitative estimate of drug-likeness (QED) is 0.428. The Kier molecular flexibility index (Phi) is 12.3. The second-order valence-corrected chi connectivity index (χ2v) is 11.2. The van der Waals surface area contributed by atoms with Crippen LogP contribution in [0.4, 0.5) is 0 Å². The van der Waals surface area contributed by atoms with Gasteiger partial charge in [0.2, 0.25) is 0 Å². The van der Waals surface area contributed by atoms with E-state index in [1.165, 1.54) is 18.4 Å². The highest BCUT2D eigenvalue weighted by Crippen LogP contribution is 2.29. The molecule has 0 bridgehead atoms. The molecule has 0 N–H and O–H groups in total. The van der Waals surface area contributed by atoms with Crippen molar-refractivity contribution in [3.05, 3.63) is 36.0 Å². The molecule has 0 radical (unpaired) electrons. The van der Waals surface area contributed by atoms with E-state index in [1.807, 2.05) is 19.2 Å². The molecule has 2 aromatic rings. The maximum atomic E-state index is 12.0. The molecule has 0 saturated carbocycles. The molecule has 1 aromatic heterocycles. The molecule has 1 atom stereocenters. The Morgan fingerprint density at radius 2 is 1.91 bits per heavy atom. The third-order valence-corrected chi connectivity index (χ3v) is 8.51. The molecule has 1 aromatic carbocycles. The average Bonchev–Trinajstić information content (AvgIpc) is 2.77. The highest BCUT2D eigenvalue weighted by atomic mass is 35.5. The number of rotatable bonds is 10. The molecule has 2 heterocycles. The normalized spacial score (nSPS) is 16.2. The van der Waals surface area contributed by atoms with Gasteiger partial charge in [-0.05, 0) is 69.3 Å². The van der Waals surface area contributed by atoms with Crippen LogP contribution in [0.25, 0.3) is 10.9 Å². The van der Waals surface area contributed by atoms with Crippen molar-refractivity contribution >= 4 is 45.6 Å². The van der Waals surface area contributed by atoms with Crippen molar-refractivity contribution in [2.75, 3.05) is 25.4 Å². The summed E-state index contributed by atoms with van der Waals surface area (Å²) in [5.74, 6) is 1.13. The molecule has 1 aliphatic heterocycles. The first-order chi connectivity index (χ1) is 14.4. The van der Waals surface area contributed by atoms with Gasteiger partial charge in [-0.25, -0.2) is 8.42 Å². The summed E-state index contributed by atoms with van der Waals surface area (Å²) in [6, 6.07) is 8.50. The number of unbranched alkanes of at least 4 members (excludes halogenated alkanes) is 1. The molecule has 5 nitrogen and oxygen atoms in total. The van der Waals surface area contributed by atoms with Gasteiger partial charge in [0.15, 0.2) is 9.84 Å². The molecule has 182 valence electrons. The zero-order chi connectivity index (χ0) is 21.6. The van der Waals surface area contributed by atoms with Crippen molar-refractivity contribution in [2.24, 2.45) is 0 Å². The maximum Gasteiger partial charge on any atom is 0.152 e. The number of benzene rings is 1. The average molecular weight is 506 g/mol. The monoisotopic (exact) mass is 504 g/mol. The molecule has 32 heavy (non-hydrogen) atoms. The Hall–Kier alpha value is -1.08. The van der Waals surface area contributed by atoms with Crippen molar-refractivity contribution in [1.29, 1.82) is 0 Å².